The topological polar surface area (TPSA) is 154 Å². The van der Waals surface area contributed by atoms with Crippen LogP contribution in [0.2, 0.25) is 0 Å². The van der Waals surface area contributed by atoms with Crippen LogP contribution in [-0.4, -0.2) is 72.0 Å². The summed E-state index contributed by atoms with van der Waals surface area (Å²) in [7, 11) is 0. The Labute approximate surface area is 243 Å². The zero-order valence-corrected chi connectivity index (χ0v) is 23.2. The van der Waals surface area contributed by atoms with Gasteiger partial charge < -0.3 is 34.5 Å². The van der Waals surface area contributed by atoms with Crippen molar-refractivity contribution in [2.24, 2.45) is 5.73 Å². The second-order valence-electron chi connectivity index (χ2n) is 10.9. The van der Waals surface area contributed by atoms with Crippen molar-refractivity contribution in [1.82, 2.24) is 4.57 Å². The van der Waals surface area contributed by atoms with Crippen LogP contribution in [0.5, 0.6) is 11.5 Å². The van der Waals surface area contributed by atoms with Crippen molar-refractivity contribution in [3.05, 3.63) is 57.9 Å². The summed E-state index contributed by atoms with van der Waals surface area (Å²) in [4.78, 5) is 51.3. The van der Waals surface area contributed by atoms with E-state index in [2.05, 4.69) is 0 Å². The number of nitrogens with two attached hydrogens (primary N) is 1. The van der Waals surface area contributed by atoms with Gasteiger partial charge in [-0.05, 0) is 32.0 Å². The maximum atomic E-state index is 15.6. The molecule has 0 aliphatic carbocycles. The number of hydrogen-bond donors (Lipinski definition) is 2. The number of carboxylic acids is 1. The smallest absolute Gasteiger partial charge is 0.414 e. The number of nitrogens with zero attached hydrogens (tertiary/aromatic N) is 3. The first-order chi connectivity index (χ1) is 20.4. The van der Waals surface area contributed by atoms with Crippen LogP contribution >= 0.6 is 0 Å². The van der Waals surface area contributed by atoms with Crippen molar-refractivity contribution in [1.29, 1.82) is 0 Å². The Bertz CT molecular complexity index is 1740. The Morgan fingerprint density at radius 2 is 1.93 bits per heavy atom. The molecule has 14 heteroatoms. The minimum atomic E-state index is -1.40. The van der Waals surface area contributed by atoms with Crippen LogP contribution in [0.4, 0.5) is 25.0 Å². The number of aromatic carboxylic acids is 1. The van der Waals surface area contributed by atoms with Crippen LogP contribution in [0, 0.1) is 11.6 Å². The van der Waals surface area contributed by atoms with Crippen LogP contribution in [0.25, 0.3) is 10.9 Å². The van der Waals surface area contributed by atoms with Gasteiger partial charge in [0.05, 0.1) is 35.7 Å². The number of pyridine rings is 1. The third-order valence-corrected chi connectivity index (χ3v) is 8.06. The summed E-state index contributed by atoms with van der Waals surface area (Å²) in [6.45, 7) is 3.74. The zero-order valence-electron chi connectivity index (χ0n) is 23.2. The highest BCUT2D eigenvalue weighted by Gasteiger charge is 2.38. The summed E-state index contributed by atoms with van der Waals surface area (Å²) >= 11 is 0. The molecule has 3 N–H and O–H groups in total. The molecule has 2 saturated heterocycles. The van der Waals surface area contributed by atoms with Gasteiger partial charge in [-0.25, -0.2) is 18.4 Å². The van der Waals surface area contributed by atoms with Gasteiger partial charge in [0, 0.05) is 25.2 Å². The quantitative estimate of drug-likeness (QED) is 0.415. The summed E-state index contributed by atoms with van der Waals surface area (Å²) in [5.41, 5.74) is 5.17. The van der Waals surface area contributed by atoms with E-state index in [4.69, 9.17) is 19.9 Å². The van der Waals surface area contributed by atoms with E-state index < -0.39 is 52.9 Å². The van der Waals surface area contributed by atoms with Crippen molar-refractivity contribution in [3.8, 4) is 11.5 Å². The molecule has 4 unspecified atom stereocenters. The van der Waals surface area contributed by atoms with Gasteiger partial charge in [-0.3, -0.25) is 14.5 Å². The second kappa shape index (κ2) is 10.5. The van der Waals surface area contributed by atoms with E-state index in [9.17, 15) is 24.3 Å². The molecule has 3 aromatic rings. The number of carboxylic acid groups (broad SMARTS) is 1. The Hall–Kier alpha value is -4.72. The van der Waals surface area contributed by atoms with Crippen molar-refractivity contribution in [2.75, 3.05) is 36.0 Å². The molecule has 1 aromatic heterocycles. The standard InChI is InChI=1S/C29H28F2N4O8/c1-13-12-41-27-24-17(26(37)18(28(38)39)10-34(13)24)8-20(31)25(27)33-6-5-16(9-33)42-21-4-3-15(7-19(21)30)35-11-22(43-29(35)40)23(32)14(2)36/h3-4,7-8,10,13,16,22-23H,5-6,9,11-12,32H2,1-2H3,(H,38,39). The number of halogens is 2. The molecule has 1 amide bonds. The highest BCUT2D eigenvalue weighted by atomic mass is 19.1. The number of aromatic nitrogens is 1. The predicted molar refractivity (Wildman–Crippen MR) is 149 cm³/mol. The molecule has 0 spiro atoms. The van der Waals surface area contributed by atoms with E-state index in [0.29, 0.717) is 18.5 Å². The SMILES string of the molecule is CC(=O)C(N)C1CN(c2ccc(OC3CCN(c4c(F)cc5c(=O)c(C(=O)O)cn6c5c4OCC6C)C3)c(F)c2)C(=O)O1. The van der Waals surface area contributed by atoms with E-state index in [-0.39, 0.29) is 59.8 Å². The molecular weight excluding hydrogens is 570 g/mol. The molecule has 4 atom stereocenters. The number of cyclic esters (lactones) is 1. The maximum absolute atomic E-state index is 15.6. The van der Waals surface area contributed by atoms with Crippen LogP contribution in [0.15, 0.2) is 35.3 Å². The first-order valence-corrected chi connectivity index (χ1v) is 13.7. The number of ketones is 1. The van der Waals surface area contributed by atoms with E-state index in [0.717, 1.165) is 12.1 Å². The fraction of sp³-hybridized carbons (Fsp3) is 0.379. The summed E-state index contributed by atoms with van der Waals surface area (Å²) in [6, 6.07) is 3.73. The highest BCUT2D eigenvalue weighted by Crippen LogP contribution is 2.43. The van der Waals surface area contributed by atoms with E-state index in [1.54, 1.807) is 16.4 Å². The fourth-order valence-electron chi connectivity index (χ4n) is 5.76. The number of carbonyl (C=O) groups is 3. The molecule has 0 radical (unpaired) electrons. The molecule has 2 fully saturated rings. The summed E-state index contributed by atoms with van der Waals surface area (Å²) in [6.07, 6.45) is -0.453. The first kappa shape index (κ1) is 28.4. The van der Waals surface area contributed by atoms with Gasteiger partial charge in [0.2, 0.25) is 5.43 Å². The average Bonchev–Trinajstić information content (AvgIpc) is 3.58. The molecule has 3 aliphatic rings. The lowest BCUT2D eigenvalue weighted by Gasteiger charge is -2.31. The van der Waals surface area contributed by atoms with Gasteiger partial charge in [-0.1, -0.05) is 0 Å². The number of benzene rings is 2. The van der Waals surface area contributed by atoms with Gasteiger partial charge in [0.15, 0.2) is 23.1 Å². The van der Waals surface area contributed by atoms with E-state index in [1.807, 2.05) is 0 Å². The third kappa shape index (κ3) is 4.80. The molecule has 4 heterocycles. The zero-order chi connectivity index (χ0) is 30.7. The summed E-state index contributed by atoms with van der Waals surface area (Å²) in [5, 5.41) is 9.40. The predicted octanol–water partition coefficient (Wildman–Crippen LogP) is 2.83. The molecule has 43 heavy (non-hydrogen) atoms. The first-order valence-electron chi connectivity index (χ1n) is 13.7. The Balaban J connectivity index is 1.22. The lowest BCUT2D eigenvalue weighted by atomic mass is 10.1. The number of hydrogen-bond acceptors (Lipinski definition) is 9. The van der Waals surface area contributed by atoms with Crippen LogP contribution in [0.1, 0.15) is 36.7 Å². The molecule has 226 valence electrons. The van der Waals surface area contributed by atoms with Gasteiger partial charge in [-0.15, -0.1) is 0 Å². The average molecular weight is 599 g/mol. The van der Waals surface area contributed by atoms with E-state index in [1.165, 1.54) is 30.2 Å². The second-order valence-corrected chi connectivity index (χ2v) is 10.9. The fourth-order valence-corrected chi connectivity index (χ4v) is 5.76. The van der Waals surface area contributed by atoms with Crippen LogP contribution in [-0.2, 0) is 9.53 Å². The lowest BCUT2D eigenvalue weighted by molar-refractivity contribution is -0.120. The lowest BCUT2D eigenvalue weighted by Crippen LogP contribution is -2.43. The van der Waals surface area contributed by atoms with Crippen molar-refractivity contribution >= 4 is 40.1 Å². The van der Waals surface area contributed by atoms with Crippen LogP contribution < -0.4 is 30.4 Å². The Morgan fingerprint density at radius 1 is 1.16 bits per heavy atom. The minimum Gasteiger partial charge on any atom is -0.487 e. The van der Waals surface area contributed by atoms with Crippen molar-refractivity contribution in [3.63, 3.8) is 0 Å². The third-order valence-electron chi connectivity index (χ3n) is 8.06. The summed E-state index contributed by atoms with van der Waals surface area (Å²) < 4.78 is 49.3. The number of rotatable bonds is 7. The number of anilines is 2. The Morgan fingerprint density at radius 3 is 2.63 bits per heavy atom. The molecule has 3 aliphatic heterocycles. The molecule has 6 rings (SSSR count). The van der Waals surface area contributed by atoms with Crippen molar-refractivity contribution < 1.29 is 42.5 Å². The van der Waals surface area contributed by atoms with Crippen molar-refractivity contribution in [2.45, 2.75) is 44.6 Å². The van der Waals surface area contributed by atoms with Gasteiger partial charge in [-0.2, -0.15) is 0 Å². The minimum absolute atomic E-state index is 0.0111. The monoisotopic (exact) mass is 598 g/mol. The summed E-state index contributed by atoms with van der Waals surface area (Å²) in [5.74, 6) is -3.15. The highest BCUT2D eigenvalue weighted by molar-refractivity contribution is 5.97. The molecule has 2 aromatic carbocycles. The molecule has 0 saturated carbocycles. The van der Waals surface area contributed by atoms with Gasteiger partial charge >= 0.3 is 12.1 Å². The number of amides is 1. The normalized spacial score (nSPS) is 22.0. The largest absolute Gasteiger partial charge is 0.487 e. The van der Waals surface area contributed by atoms with Gasteiger partial charge in [0.25, 0.3) is 0 Å². The van der Waals surface area contributed by atoms with E-state index >= 15 is 8.78 Å². The van der Waals surface area contributed by atoms with Crippen LogP contribution in [0.3, 0.4) is 0 Å². The Kier molecular flexibility index (Phi) is 6.95. The number of Topliss-reactive ketones (excluding diaryl/α,β-unsaturated/α-hetero) is 1. The number of ether oxygens (including phenoxy) is 3. The molecule has 12 nitrogen and oxygen atoms in total. The van der Waals surface area contributed by atoms with Gasteiger partial charge in [0.1, 0.15) is 41.9 Å². The number of carbonyl (C=O) groups excluding carboxylic acids is 2. The molecular formula is C29H28F2N4O8. The molecule has 0 bridgehead atoms. The maximum Gasteiger partial charge on any atom is 0.414 e.